The highest BCUT2D eigenvalue weighted by Crippen LogP contribution is 2.40. The molecule has 1 saturated heterocycles. The largest absolute Gasteiger partial charge is 0.481 e. The van der Waals surface area contributed by atoms with Gasteiger partial charge in [-0.3, -0.25) is 4.79 Å². The highest BCUT2D eigenvalue weighted by molar-refractivity contribution is 5.69. The Bertz CT molecular complexity index is 829. The standard InChI is InChI=1S/C21H22F3NO3/c1-13-4-3-5-14(2)20(13)28-18-8-6-16(7-9-18)25-12-15(21(22,23)24)10-17(25)11-19(26)27/h3-9,15,17H,10-12H2,1-2H3,(H,26,27). The summed E-state index contributed by atoms with van der Waals surface area (Å²) in [6, 6.07) is 11.9. The summed E-state index contributed by atoms with van der Waals surface area (Å²) in [7, 11) is 0. The van der Waals surface area contributed by atoms with Gasteiger partial charge in [-0.15, -0.1) is 0 Å². The Hall–Kier alpha value is -2.70. The summed E-state index contributed by atoms with van der Waals surface area (Å²) in [5, 5.41) is 9.06. The molecule has 2 atom stereocenters. The molecule has 7 heteroatoms. The van der Waals surface area contributed by atoms with Gasteiger partial charge in [-0.05, 0) is 55.7 Å². The molecule has 2 aromatic carbocycles. The fraction of sp³-hybridized carbons (Fsp3) is 0.381. The van der Waals surface area contributed by atoms with E-state index in [2.05, 4.69) is 0 Å². The van der Waals surface area contributed by atoms with Gasteiger partial charge < -0.3 is 14.7 Å². The molecule has 1 aliphatic rings. The molecule has 1 aliphatic heterocycles. The lowest BCUT2D eigenvalue weighted by Gasteiger charge is -2.26. The van der Waals surface area contributed by atoms with Crippen LogP contribution in [0, 0.1) is 19.8 Å². The summed E-state index contributed by atoms with van der Waals surface area (Å²) in [6.07, 6.45) is -4.87. The van der Waals surface area contributed by atoms with Crippen molar-refractivity contribution in [3.05, 3.63) is 53.6 Å². The van der Waals surface area contributed by atoms with Gasteiger partial charge >= 0.3 is 12.1 Å². The number of halogens is 3. The summed E-state index contributed by atoms with van der Waals surface area (Å²) in [6.45, 7) is 3.64. The first kappa shape index (κ1) is 20.0. The number of hydrogen-bond donors (Lipinski definition) is 1. The smallest absolute Gasteiger partial charge is 0.393 e. The van der Waals surface area contributed by atoms with Crippen LogP contribution < -0.4 is 9.64 Å². The van der Waals surface area contributed by atoms with Crippen molar-refractivity contribution in [2.45, 2.75) is 38.9 Å². The normalized spacial score (nSPS) is 19.7. The first-order valence-electron chi connectivity index (χ1n) is 9.04. The van der Waals surface area contributed by atoms with E-state index in [-0.39, 0.29) is 19.4 Å². The van der Waals surface area contributed by atoms with Crippen molar-refractivity contribution in [3.8, 4) is 11.5 Å². The number of aryl methyl sites for hydroxylation is 2. The molecular weight excluding hydrogens is 371 g/mol. The van der Waals surface area contributed by atoms with Gasteiger partial charge in [0.1, 0.15) is 11.5 Å². The van der Waals surface area contributed by atoms with Crippen LogP contribution in [-0.4, -0.2) is 29.8 Å². The predicted molar refractivity (Wildman–Crippen MR) is 100.0 cm³/mol. The zero-order valence-electron chi connectivity index (χ0n) is 15.7. The predicted octanol–water partition coefficient (Wildman–Crippen LogP) is 5.33. The molecule has 1 heterocycles. The van der Waals surface area contributed by atoms with Gasteiger partial charge in [0.25, 0.3) is 0 Å². The van der Waals surface area contributed by atoms with Gasteiger partial charge in [-0.2, -0.15) is 13.2 Å². The van der Waals surface area contributed by atoms with Crippen LogP contribution in [0.1, 0.15) is 24.0 Å². The van der Waals surface area contributed by atoms with Crippen molar-refractivity contribution in [2.24, 2.45) is 5.92 Å². The zero-order valence-corrected chi connectivity index (χ0v) is 15.7. The van der Waals surface area contributed by atoms with Gasteiger partial charge in [-0.25, -0.2) is 0 Å². The monoisotopic (exact) mass is 393 g/mol. The maximum atomic E-state index is 13.1. The molecule has 0 aliphatic carbocycles. The minimum absolute atomic E-state index is 0.212. The Morgan fingerprint density at radius 1 is 1.14 bits per heavy atom. The molecule has 0 aromatic heterocycles. The van der Waals surface area contributed by atoms with Crippen LogP contribution in [-0.2, 0) is 4.79 Å². The van der Waals surface area contributed by atoms with Crippen molar-refractivity contribution in [1.82, 2.24) is 0 Å². The SMILES string of the molecule is Cc1cccc(C)c1Oc1ccc(N2CC(C(F)(F)F)CC2CC(=O)O)cc1. The Kier molecular flexibility index (Phi) is 5.54. The van der Waals surface area contributed by atoms with E-state index in [1.807, 2.05) is 32.0 Å². The zero-order chi connectivity index (χ0) is 20.5. The minimum Gasteiger partial charge on any atom is -0.481 e. The van der Waals surface area contributed by atoms with E-state index in [9.17, 15) is 18.0 Å². The van der Waals surface area contributed by atoms with E-state index in [1.165, 1.54) is 4.90 Å². The van der Waals surface area contributed by atoms with Gasteiger partial charge in [0.2, 0.25) is 0 Å². The number of rotatable bonds is 5. The van der Waals surface area contributed by atoms with Gasteiger partial charge in [-0.1, -0.05) is 18.2 Å². The third-order valence-electron chi connectivity index (χ3n) is 5.08. The number of anilines is 1. The van der Waals surface area contributed by atoms with Crippen LogP contribution in [0.25, 0.3) is 0 Å². The molecule has 0 bridgehead atoms. The molecule has 1 N–H and O–H groups in total. The highest BCUT2D eigenvalue weighted by Gasteiger charge is 2.47. The van der Waals surface area contributed by atoms with Crippen LogP contribution >= 0.6 is 0 Å². The first-order valence-corrected chi connectivity index (χ1v) is 9.04. The van der Waals surface area contributed by atoms with E-state index >= 15 is 0 Å². The molecule has 28 heavy (non-hydrogen) atoms. The van der Waals surface area contributed by atoms with Crippen LogP contribution in [0.4, 0.5) is 18.9 Å². The lowest BCUT2D eigenvalue weighted by molar-refractivity contribution is -0.169. The summed E-state index contributed by atoms with van der Waals surface area (Å²) in [4.78, 5) is 12.6. The highest BCUT2D eigenvalue weighted by atomic mass is 19.4. The third kappa shape index (κ3) is 4.40. The molecule has 4 nitrogen and oxygen atoms in total. The van der Waals surface area contributed by atoms with Crippen molar-refractivity contribution in [3.63, 3.8) is 0 Å². The van der Waals surface area contributed by atoms with Gasteiger partial charge in [0.15, 0.2) is 0 Å². The second kappa shape index (κ2) is 7.73. The van der Waals surface area contributed by atoms with Gasteiger partial charge in [0.05, 0.1) is 12.3 Å². The molecule has 0 amide bonds. The Morgan fingerprint density at radius 2 is 1.75 bits per heavy atom. The summed E-state index contributed by atoms with van der Waals surface area (Å²) in [5.41, 5.74) is 2.53. The summed E-state index contributed by atoms with van der Waals surface area (Å²) in [5.74, 6) is -1.31. The Labute approximate surface area is 161 Å². The first-order chi connectivity index (χ1) is 13.1. The van der Waals surface area contributed by atoms with Crippen LogP contribution in [0.15, 0.2) is 42.5 Å². The van der Waals surface area contributed by atoms with E-state index in [0.717, 1.165) is 16.9 Å². The molecular formula is C21H22F3NO3. The van der Waals surface area contributed by atoms with Crippen molar-refractivity contribution >= 4 is 11.7 Å². The number of carboxylic acids is 1. The number of ether oxygens (including phenoxy) is 1. The minimum atomic E-state index is -4.34. The number of aliphatic carboxylic acids is 1. The fourth-order valence-corrected chi connectivity index (χ4v) is 3.65. The average Bonchev–Trinajstić information content (AvgIpc) is 3.02. The number of nitrogens with zero attached hydrogens (tertiary/aromatic N) is 1. The number of hydrogen-bond acceptors (Lipinski definition) is 3. The number of para-hydroxylation sites is 1. The van der Waals surface area contributed by atoms with Crippen molar-refractivity contribution in [1.29, 1.82) is 0 Å². The fourth-order valence-electron chi connectivity index (χ4n) is 3.65. The van der Waals surface area contributed by atoms with E-state index < -0.39 is 24.1 Å². The lowest BCUT2D eigenvalue weighted by atomic mass is 10.0. The molecule has 0 saturated carbocycles. The summed E-state index contributed by atoms with van der Waals surface area (Å²) < 4.78 is 45.4. The second-order valence-corrected chi connectivity index (χ2v) is 7.20. The second-order valence-electron chi connectivity index (χ2n) is 7.20. The van der Waals surface area contributed by atoms with Crippen molar-refractivity contribution < 1.29 is 27.8 Å². The van der Waals surface area contributed by atoms with Crippen LogP contribution in [0.5, 0.6) is 11.5 Å². The molecule has 150 valence electrons. The molecule has 2 aromatic rings. The molecule has 0 spiro atoms. The maximum absolute atomic E-state index is 13.1. The van der Waals surface area contributed by atoms with E-state index in [4.69, 9.17) is 9.84 Å². The average molecular weight is 393 g/mol. The molecule has 3 rings (SSSR count). The molecule has 0 radical (unpaired) electrons. The van der Waals surface area contributed by atoms with Crippen molar-refractivity contribution in [2.75, 3.05) is 11.4 Å². The Morgan fingerprint density at radius 3 is 2.29 bits per heavy atom. The third-order valence-corrected chi connectivity index (χ3v) is 5.08. The molecule has 1 fully saturated rings. The van der Waals surface area contributed by atoms with Crippen LogP contribution in [0.2, 0.25) is 0 Å². The lowest BCUT2D eigenvalue weighted by Crippen LogP contribution is -2.32. The number of benzene rings is 2. The van der Waals surface area contributed by atoms with E-state index in [0.29, 0.717) is 11.4 Å². The molecule has 2 unspecified atom stereocenters. The Balaban J connectivity index is 1.80. The van der Waals surface area contributed by atoms with Crippen LogP contribution in [0.3, 0.4) is 0 Å². The number of alkyl halides is 3. The number of carboxylic acid groups (broad SMARTS) is 1. The topological polar surface area (TPSA) is 49.8 Å². The quantitative estimate of drug-likeness (QED) is 0.746. The van der Waals surface area contributed by atoms with Gasteiger partial charge in [0, 0.05) is 18.3 Å². The number of carbonyl (C=O) groups is 1. The summed E-state index contributed by atoms with van der Waals surface area (Å²) >= 11 is 0. The van der Waals surface area contributed by atoms with E-state index in [1.54, 1.807) is 24.3 Å². The maximum Gasteiger partial charge on any atom is 0.393 e.